The SMILES string of the molecule is C[N+](C)(C)Cc1ccccc1.[CH3-]. The van der Waals surface area contributed by atoms with Gasteiger partial charge in [-0.3, -0.25) is 0 Å². The van der Waals surface area contributed by atoms with Gasteiger partial charge in [0.15, 0.2) is 0 Å². The Morgan fingerprint density at radius 2 is 1.50 bits per heavy atom. The average molecular weight is 165 g/mol. The monoisotopic (exact) mass is 165 g/mol. The van der Waals surface area contributed by atoms with Crippen LogP contribution in [0.25, 0.3) is 0 Å². The molecule has 0 saturated carbocycles. The molecule has 0 heterocycles. The molecular formula is C11H19N. The van der Waals surface area contributed by atoms with Gasteiger partial charge >= 0.3 is 0 Å². The summed E-state index contributed by atoms with van der Waals surface area (Å²) < 4.78 is 0.990. The highest BCUT2D eigenvalue weighted by molar-refractivity contribution is 5.13. The fourth-order valence-electron chi connectivity index (χ4n) is 1.13. The van der Waals surface area contributed by atoms with Crippen LogP contribution in [-0.4, -0.2) is 25.6 Å². The molecule has 0 spiro atoms. The van der Waals surface area contributed by atoms with E-state index in [9.17, 15) is 0 Å². The van der Waals surface area contributed by atoms with Crippen LogP contribution in [0.15, 0.2) is 30.3 Å². The molecule has 0 unspecified atom stereocenters. The first-order valence-electron chi connectivity index (χ1n) is 3.92. The van der Waals surface area contributed by atoms with E-state index in [1.165, 1.54) is 5.56 Å². The normalized spacial score (nSPS) is 10.6. The third kappa shape index (κ3) is 4.14. The van der Waals surface area contributed by atoms with Crippen molar-refractivity contribution < 1.29 is 4.48 Å². The lowest BCUT2D eigenvalue weighted by Crippen LogP contribution is -2.33. The van der Waals surface area contributed by atoms with Gasteiger partial charge in [0.05, 0.1) is 21.1 Å². The predicted molar refractivity (Wildman–Crippen MR) is 54.6 cm³/mol. The van der Waals surface area contributed by atoms with Gasteiger partial charge in [-0.15, -0.1) is 0 Å². The summed E-state index contributed by atoms with van der Waals surface area (Å²) in [5.41, 5.74) is 1.40. The van der Waals surface area contributed by atoms with E-state index >= 15 is 0 Å². The molecule has 0 fully saturated rings. The van der Waals surface area contributed by atoms with Crippen LogP contribution in [0.1, 0.15) is 5.56 Å². The van der Waals surface area contributed by atoms with Crippen LogP contribution in [0.5, 0.6) is 0 Å². The summed E-state index contributed by atoms with van der Waals surface area (Å²) in [5, 5.41) is 0. The number of quaternary nitrogens is 1. The molecule has 1 aromatic carbocycles. The molecule has 0 aromatic heterocycles. The standard InChI is InChI=1S/C10H16N.CH3/c1-11(2,3)9-10-7-5-4-6-8-10;/h4-8H,9H2,1-3H3;1H3/q+1;-1. The molecule has 1 rings (SSSR count). The van der Waals surface area contributed by atoms with Crippen LogP contribution in [0.2, 0.25) is 0 Å². The van der Waals surface area contributed by atoms with Gasteiger partial charge in [-0.2, -0.15) is 0 Å². The van der Waals surface area contributed by atoms with Crippen LogP contribution >= 0.6 is 0 Å². The van der Waals surface area contributed by atoms with Gasteiger partial charge in [0, 0.05) is 5.56 Å². The Balaban J connectivity index is 0.00000121. The highest BCUT2D eigenvalue weighted by atomic mass is 15.3. The molecule has 0 saturated heterocycles. The average Bonchev–Trinajstić information content (AvgIpc) is 1.85. The lowest BCUT2D eigenvalue weighted by molar-refractivity contribution is -0.884. The summed E-state index contributed by atoms with van der Waals surface area (Å²) in [6.45, 7) is 1.10. The number of rotatable bonds is 2. The topological polar surface area (TPSA) is 0 Å². The number of hydrogen-bond donors (Lipinski definition) is 0. The van der Waals surface area contributed by atoms with Crippen molar-refractivity contribution >= 4 is 0 Å². The second-order valence-electron chi connectivity index (χ2n) is 3.93. The summed E-state index contributed by atoms with van der Waals surface area (Å²) >= 11 is 0. The maximum Gasteiger partial charge on any atom is 0.104 e. The minimum atomic E-state index is 0. The van der Waals surface area contributed by atoms with E-state index in [0.717, 1.165) is 11.0 Å². The van der Waals surface area contributed by atoms with E-state index < -0.39 is 0 Å². The van der Waals surface area contributed by atoms with Crippen LogP contribution in [-0.2, 0) is 6.54 Å². The quantitative estimate of drug-likeness (QED) is 0.466. The van der Waals surface area contributed by atoms with E-state index in [4.69, 9.17) is 0 Å². The number of nitrogens with zero attached hydrogens (tertiary/aromatic N) is 1. The third-order valence-corrected chi connectivity index (χ3v) is 1.50. The molecule has 0 radical (unpaired) electrons. The summed E-state index contributed by atoms with van der Waals surface area (Å²) in [6.07, 6.45) is 0. The summed E-state index contributed by atoms with van der Waals surface area (Å²) in [5.74, 6) is 0. The van der Waals surface area contributed by atoms with Gasteiger partial charge in [0.25, 0.3) is 0 Å². The molecule has 68 valence electrons. The fraction of sp³-hybridized carbons (Fsp3) is 0.364. The van der Waals surface area contributed by atoms with Crippen molar-refractivity contribution in [1.82, 2.24) is 0 Å². The second-order valence-corrected chi connectivity index (χ2v) is 3.93. The Morgan fingerprint density at radius 3 is 1.92 bits per heavy atom. The molecule has 1 nitrogen and oxygen atoms in total. The number of hydrogen-bond acceptors (Lipinski definition) is 0. The van der Waals surface area contributed by atoms with Crippen molar-refractivity contribution in [3.05, 3.63) is 43.3 Å². The highest BCUT2D eigenvalue weighted by Gasteiger charge is 2.06. The van der Waals surface area contributed by atoms with Gasteiger partial charge in [-0.25, -0.2) is 0 Å². The van der Waals surface area contributed by atoms with E-state index in [-0.39, 0.29) is 7.43 Å². The Hall–Kier alpha value is -0.820. The molecule has 0 bridgehead atoms. The van der Waals surface area contributed by atoms with Crippen molar-refractivity contribution in [1.29, 1.82) is 0 Å². The first-order valence-corrected chi connectivity index (χ1v) is 3.92. The summed E-state index contributed by atoms with van der Waals surface area (Å²) in [7, 11) is 6.60. The van der Waals surface area contributed by atoms with Gasteiger partial charge in [-0.1, -0.05) is 30.3 Å². The molecule has 1 heteroatoms. The van der Waals surface area contributed by atoms with E-state index in [2.05, 4.69) is 51.5 Å². The minimum absolute atomic E-state index is 0. The zero-order valence-corrected chi connectivity index (χ0v) is 8.54. The predicted octanol–water partition coefficient (Wildman–Crippen LogP) is 2.34. The molecule has 0 N–H and O–H groups in total. The van der Waals surface area contributed by atoms with Gasteiger partial charge < -0.3 is 11.9 Å². The van der Waals surface area contributed by atoms with Gasteiger partial charge in [0.2, 0.25) is 0 Å². The Morgan fingerprint density at radius 1 is 1.00 bits per heavy atom. The molecule has 0 amide bonds. The van der Waals surface area contributed by atoms with Crippen LogP contribution < -0.4 is 0 Å². The van der Waals surface area contributed by atoms with E-state index in [1.807, 2.05) is 0 Å². The van der Waals surface area contributed by atoms with Crippen LogP contribution in [0.4, 0.5) is 0 Å². The molecule has 12 heavy (non-hydrogen) atoms. The molecule has 0 aliphatic heterocycles. The molecule has 1 aromatic rings. The lowest BCUT2D eigenvalue weighted by atomic mass is 10.2. The first-order chi connectivity index (χ1) is 5.08. The molecule has 0 aliphatic rings. The van der Waals surface area contributed by atoms with Crippen molar-refractivity contribution in [3.63, 3.8) is 0 Å². The third-order valence-electron chi connectivity index (χ3n) is 1.50. The Kier molecular flexibility index (Phi) is 3.98. The maximum atomic E-state index is 2.20. The maximum absolute atomic E-state index is 2.20. The zero-order chi connectivity index (χ0) is 8.32. The van der Waals surface area contributed by atoms with E-state index in [0.29, 0.717) is 0 Å². The fourth-order valence-corrected chi connectivity index (χ4v) is 1.13. The van der Waals surface area contributed by atoms with E-state index in [1.54, 1.807) is 0 Å². The Bertz CT molecular complexity index is 208. The molecule has 0 atom stereocenters. The summed E-state index contributed by atoms with van der Waals surface area (Å²) in [4.78, 5) is 0. The minimum Gasteiger partial charge on any atom is -0.358 e. The zero-order valence-electron chi connectivity index (χ0n) is 8.54. The van der Waals surface area contributed by atoms with Crippen molar-refractivity contribution in [3.8, 4) is 0 Å². The van der Waals surface area contributed by atoms with Crippen molar-refractivity contribution in [2.75, 3.05) is 21.1 Å². The number of benzene rings is 1. The second kappa shape index (κ2) is 4.27. The smallest absolute Gasteiger partial charge is 0.104 e. The lowest BCUT2D eigenvalue weighted by Gasteiger charge is -2.23. The molecular weight excluding hydrogens is 146 g/mol. The summed E-state index contributed by atoms with van der Waals surface area (Å²) in [6, 6.07) is 10.6. The largest absolute Gasteiger partial charge is 0.358 e. The Labute approximate surface area is 76.2 Å². The van der Waals surface area contributed by atoms with Crippen molar-refractivity contribution in [2.45, 2.75) is 6.54 Å². The van der Waals surface area contributed by atoms with Crippen LogP contribution in [0.3, 0.4) is 0 Å². The molecule has 0 aliphatic carbocycles. The van der Waals surface area contributed by atoms with Crippen molar-refractivity contribution in [2.24, 2.45) is 0 Å². The van der Waals surface area contributed by atoms with Crippen LogP contribution in [0, 0.1) is 7.43 Å². The van der Waals surface area contributed by atoms with Gasteiger partial charge in [-0.05, 0) is 0 Å². The van der Waals surface area contributed by atoms with Gasteiger partial charge in [0.1, 0.15) is 6.54 Å². The first kappa shape index (κ1) is 11.2. The highest BCUT2D eigenvalue weighted by Crippen LogP contribution is 2.04.